The van der Waals surface area contributed by atoms with Crippen LogP contribution in [0.4, 0.5) is 0 Å². The van der Waals surface area contributed by atoms with Crippen LogP contribution in [-0.4, -0.2) is 17.6 Å². The lowest BCUT2D eigenvalue weighted by Gasteiger charge is -2.25. The molecule has 1 aromatic carbocycles. The fraction of sp³-hybridized carbons (Fsp3) is 0.333. The van der Waals surface area contributed by atoms with Crippen molar-refractivity contribution >= 4 is 5.91 Å². The predicted octanol–water partition coefficient (Wildman–Crippen LogP) is 1.49. The van der Waals surface area contributed by atoms with Crippen molar-refractivity contribution in [2.45, 2.75) is 25.9 Å². The van der Waals surface area contributed by atoms with E-state index < -0.39 is 0 Å². The first-order valence-electron chi connectivity index (χ1n) is 6.75. The van der Waals surface area contributed by atoms with Crippen LogP contribution in [0.1, 0.15) is 28.6 Å². The Balaban J connectivity index is 1.69. The van der Waals surface area contributed by atoms with Crippen molar-refractivity contribution in [2.24, 2.45) is 0 Å². The Morgan fingerprint density at radius 2 is 2.35 bits per heavy atom. The van der Waals surface area contributed by atoms with Crippen molar-refractivity contribution < 1.29 is 9.32 Å². The number of amides is 1. The van der Waals surface area contributed by atoms with Gasteiger partial charge < -0.3 is 15.2 Å². The van der Waals surface area contributed by atoms with Gasteiger partial charge in [-0.15, -0.1) is 0 Å². The zero-order valence-corrected chi connectivity index (χ0v) is 11.3. The molecule has 1 unspecified atom stereocenters. The molecular weight excluding hydrogens is 254 g/mol. The number of nitrogens with one attached hydrogen (secondary N) is 2. The normalized spacial score (nSPS) is 17.6. The number of rotatable bonds is 3. The van der Waals surface area contributed by atoms with Crippen LogP contribution >= 0.6 is 0 Å². The molecule has 1 aromatic heterocycles. The third-order valence-electron chi connectivity index (χ3n) is 3.48. The molecule has 0 aliphatic carbocycles. The molecule has 0 saturated heterocycles. The fourth-order valence-corrected chi connectivity index (χ4v) is 2.51. The van der Waals surface area contributed by atoms with E-state index in [0.717, 1.165) is 24.2 Å². The lowest BCUT2D eigenvalue weighted by atomic mass is 9.94. The highest BCUT2D eigenvalue weighted by atomic mass is 16.5. The molecule has 1 aliphatic rings. The van der Waals surface area contributed by atoms with Crippen LogP contribution in [0.5, 0.6) is 0 Å². The molecule has 2 heterocycles. The number of aryl methyl sites for hydroxylation is 1. The van der Waals surface area contributed by atoms with E-state index in [4.69, 9.17) is 4.52 Å². The first kappa shape index (κ1) is 12.9. The summed E-state index contributed by atoms with van der Waals surface area (Å²) in [6, 6.07) is 9.59. The van der Waals surface area contributed by atoms with Gasteiger partial charge in [-0.1, -0.05) is 29.4 Å². The molecule has 0 radical (unpaired) electrons. The summed E-state index contributed by atoms with van der Waals surface area (Å²) in [4.78, 5) is 12.3. The smallest absolute Gasteiger partial charge is 0.242 e. The summed E-state index contributed by atoms with van der Waals surface area (Å²) in [6.07, 6.45) is 0.960. The molecule has 3 rings (SSSR count). The molecule has 0 spiro atoms. The van der Waals surface area contributed by atoms with E-state index in [-0.39, 0.29) is 11.9 Å². The van der Waals surface area contributed by atoms with Crippen LogP contribution in [0, 0.1) is 6.92 Å². The fourth-order valence-electron chi connectivity index (χ4n) is 2.51. The molecule has 0 bridgehead atoms. The first-order valence-corrected chi connectivity index (χ1v) is 6.75. The highest BCUT2D eigenvalue weighted by Gasteiger charge is 2.25. The largest absolute Gasteiger partial charge is 0.359 e. The number of carbonyl (C=O) groups is 1. The average Bonchev–Trinajstić information content (AvgIpc) is 2.90. The van der Waals surface area contributed by atoms with Gasteiger partial charge in [0.05, 0.1) is 12.2 Å². The lowest BCUT2D eigenvalue weighted by Crippen LogP contribution is -2.41. The van der Waals surface area contributed by atoms with Crippen LogP contribution in [0.3, 0.4) is 0 Å². The minimum atomic E-state index is -0.288. The van der Waals surface area contributed by atoms with Gasteiger partial charge in [0.1, 0.15) is 6.04 Å². The predicted molar refractivity (Wildman–Crippen MR) is 74.0 cm³/mol. The van der Waals surface area contributed by atoms with E-state index in [9.17, 15) is 4.79 Å². The maximum atomic E-state index is 12.3. The van der Waals surface area contributed by atoms with Gasteiger partial charge in [0.15, 0.2) is 5.76 Å². The van der Waals surface area contributed by atoms with Gasteiger partial charge in [-0.3, -0.25) is 4.79 Å². The maximum Gasteiger partial charge on any atom is 0.242 e. The molecule has 20 heavy (non-hydrogen) atoms. The van der Waals surface area contributed by atoms with E-state index >= 15 is 0 Å². The number of hydrogen-bond donors (Lipinski definition) is 2. The quantitative estimate of drug-likeness (QED) is 0.887. The molecule has 2 N–H and O–H groups in total. The molecule has 104 valence electrons. The van der Waals surface area contributed by atoms with Crippen LogP contribution in [0.15, 0.2) is 34.9 Å². The van der Waals surface area contributed by atoms with Gasteiger partial charge in [-0.05, 0) is 24.5 Å². The number of aromatic nitrogens is 1. The zero-order valence-electron chi connectivity index (χ0n) is 11.3. The van der Waals surface area contributed by atoms with Crippen molar-refractivity contribution in [1.29, 1.82) is 0 Å². The third-order valence-corrected chi connectivity index (χ3v) is 3.48. The van der Waals surface area contributed by atoms with Crippen molar-refractivity contribution in [3.05, 3.63) is 52.9 Å². The highest BCUT2D eigenvalue weighted by Crippen LogP contribution is 2.22. The highest BCUT2D eigenvalue weighted by molar-refractivity contribution is 5.83. The summed E-state index contributed by atoms with van der Waals surface area (Å²) in [7, 11) is 0. The number of fused-ring (bicyclic) bond motifs is 1. The molecule has 0 saturated carbocycles. The van der Waals surface area contributed by atoms with Crippen LogP contribution in [-0.2, 0) is 17.8 Å². The summed E-state index contributed by atoms with van der Waals surface area (Å²) in [5, 5.41) is 9.95. The molecular formula is C15H17N3O2. The Kier molecular flexibility index (Phi) is 3.52. The van der Waals surface area contributed by atoms with E-state index in [0.29, 0.717) is 12.3 Å². The van der Waals surface area contributed by atoms with E-state index in [1.54, 1.807) is 0 Å². The second-order valence-corrected chi connectivity index (χ2v) is 4.99. The second kappa shape index (κ2) is 5.46. The third kappa shape index (κ3) is 2.58. The summed E-state index contributed by atoms with van der Waals surface area (Å²) in [6.45, 7) is 3.03. The Bertz CT molecular complexity index is 621. The van der Waals surface area contributed by atoms with Gasteiger partial charge in [-0.25, -0.2) is 0 Å². The zero-order chi connectivity index (χ0) is 13.9. The summed E-state index contributed by atoms with van der Waals surface area (Å²) in [5.41, 5.74) is 3.11. The van der Waals surface area contributed by atoms with Crippen LogP contribution < -0.4 is 10.6 Å². The van der Waals surface area contributed by atoms with Crippen molar-refractivity contribution in [3.63, 3.8) is 0 Å². The minimum absolute atomic E-state index is 0.0359. The maximum absolute atomic E-state index is 12.3. The number of carbonyl (C=O) groups excluding carboxylic acids is 1. The van der Waals surface area contributed by atoms with Crippen LogP contribution in [0.2, 0.25) is 0 Å². The summed E-state index contributed by atoms with van der Waals surface area (Å²) >= 11 is 0. The SMILES string of the molecule is Cc1cc(CNC(=O)C2NCCc3ccccc32)on1. The molecule has 2 aromatic rings. The van der Waals surface area contributed by atoms with E-state index in [1.165, 1.54) is 5.56 Å². The molecule has 0 fully saturated rings. The van der Waals surface area contributed by atoms with Gasteiger partial charge in [0, 0.05) is 12.6 Å². The minimum Gasteiger partial charge on any atom is -0.359 e. The Morgan fingerprint density at radius 1 is 1.50 bits per heavy atom. The van der Waals surface area contributed by atoms with Gasteiger partial charge in [0.2, 0.25) is 5.91 Å². The molecule has 1 amide bonds. The molecule has 5 heteroatoms. The standard InChI is InChI=1S/C15H17N3O2/c1-10-8-12(20-18-10)9-17-15(19)14-13-5-3-2-4-11(13)6-7-16-14/h2-5,8,14,16H,6-7,9H2,1H3,(H,17,19). The number of hydrogen-bond acceptors (Lipinski definition) is 4. The Labute approximate surface area is 117 Å². The van der Waals surface area contributed by atoms with Crippen molar-refractivity contribution in [3.8, 4) is 0 Å². The van der Waals surface area contributed by atoms with E-state index in [2.05, 4.69) is 21.9 Å². The van der Waals surface area contributed by atoms with Crippen LogP contribution in [0.25, 0.3) is 0 Å². The second-order valence-electron chi connectivity index (χ2n) is 4.99. The average molecular weight is 271 g/mol. The Hall–Kier alpha value is -2.14. The van der Waals surface area contributed by atoms with Crippen molar-refractivity contribution in [1.82, 2.24) is 15.8 Å². The number of nitrogens with zero attached hydrogens (tertiary/aromatic N) is 1. The summed E-state index contributed by atoms with van der Waals surface area (Å²) < 4.78 is 5.09. The molecule has 1 aliphatic heterocycles. The van der Waals surface area contributed by atoms with Crippen molar-refractivity contribution in [2.75, 3.05) is 6.54 Å². The topological polar surface area (TPSA) is 67.2 Å². The molecule has 1 atom stereocenters. The van der Waals surface area contributed by atoms with E-state index in [1.807, 2.05) is 31.2 Å². The molecule has 5 nitrogen and oxygen atoms in total. The van der Waals surface area contributed by atoms with Gasteiger partial charge in [0.25, 0.3) is 0 Å². The summed E-state index contributed by atoms with van der Waals surface area (Å²) in [5.74, 6) is 0.631. The van der Waals surface area contributed by atoms with Gasteiger partial charge >= 0.3 is 0 Å². The monoisotopic (exact) mass is 271 g/mol. The first-order chi connectivity index (χ1) is 9.74. The van der Waals surface area contributed by atoms with Gasteiger partial charge in [-0.2, -0.15) is 0 Å². The lowest BCUT2D eigenvalue weighted by molar-refractivity contribution is -0.123. The Morgan fingerprint density at radius 3 is 3.15 bits per heavy atom. The number of benzene rings is 1.